The van der Waals surface area contributed by atoms with Crippen molar-refractivity contribution >= 4 is 35.6 Å². The molecule has 1 N–H and O–H groups in total. The topological polar surface area (TPSA) is 24.5 Å². The highest BCUT2D eigenvalue weighted by atomic mass is 35.5. The average Bonchev–Trinajstić information content (AvgIpc) is 2.56. The number of hydrogen-bond acceptors (Lipinski definition) is 3. The Morgan fingerprint density at radius 1 is 1.09 bits per heavy atom. The monoisotopic (exact) mass is 354 g/mol. The van der Waals surface area contributed by atoms with Crippen LogP contribution in [0.25, 0.3) is 10.8 Å². The maximum absolute atomic E-state index is 5.49. The molecular weight excluding hydrogens is 331 g/mol. The number of benzene rings is 2. The van der Waals surface area contributed by atoms with Crippen LogP contribution < -0.4 is 10.1 Å². The molecule has 0 aromatic heterocycles. The fourth-order valence-electron chi connectivity index (χ4n) is 3.16. The van der Waals surface area contributed by atoms with E-state index >= 15 is 0 Å². The van der Waals surface area contributed by atoms with Gasteiger partial charge in [0.15, 0.2) is 0 Å². The molecule has 3 nitrogen and oxygen atoms in total. The summed E-state index contributed by atoms with van der Waals surface area (Å²) in [6.07, 6.45) is 2.06. The van der Waals surface area contributed by atoms with Crippen LogP contribution in [0.3, 0.4) is 0 Å². The van der Waals surface area contributed by atoms with E-state index in [9.17, 15) is 0 Å². The normalized spacial score (nSPS) is 16.0. The average molecular weight is 355 g/mol. The molecule has 1 heterocycles. The number of fused-ring (bicyclic) bond motifs is 1. The van der Waals surface area contributed by atoms with Crippen LogP contribution in [0.1, 0.15) is 11.6 Å². The van der Waals surface area contributed by atoms with Gasteiger partial charge in [-0.15, -0.1) is 31.4 Å². The van der Waals surface area contributed by atoms with E-state index < -0.39 is 0 Å². The Labute approximate surface area is 150 Å². The SMILES string of the molecule is C=C[C@@H](c1ccc(OC)c2ccccc12)N1CCNCC1.Cl.Cl. The van der Waals surface area contributed by atoms with Gasteiger partial charge < -0.3 is 10.1 Å². The highest BCUT2D eigenvalue weighted by molar-refractivity contribution is 5.91. The summed E-state index contributed by atoms with van der Waals surface area (Å²) in [5, 5.41) is 5.82. The third-order valence-electron chi connectivity index (χ3n) is 4.22. The summed E-state index contributed by atoms with van der Waals surface area (Å²) >= 11 is 0. The molecule has 1 aliphatic rings. The highest BCUT2D eigenvalue weighted by Crippen LogP contribution is 2.34. The molecule has 3 rings (SSSR count). The number of methoxy groups -OCH3 is 1. The van der Waals surface area contributed by atoms with Crippen LogP contribution in [0.2, 0.25) is 0 Å². The van der Waals surface area contributed by atoms with Crippen molar-refractivity contribution in [1.29, 1.82) is 0 Å². The van der Waals surface area contributed by atoms with E-state index in [1.807, 2.05) is 0 Å². The van der Waals surface area contributed by atoms with Gasteiger partial charge in [-0.2, -0.15) is 0 Å². The van der Waals surface area contributed by atoms with Gasteiger partial charge in [0.1, 0.15) is 5.75 Å². The van der Waals surface area contributed by atoms with Crippen molar-refractivity contribution in [2.75, 3.05) is 33.3 Å². The molecule has 0 amide bonds. The standard InChI is InChI=1S/C18H22N2O.2ClH/c1-3-17(20-12-10-19-11-13-20)15-8-9-18(21-2)16-7-5-4-6-14(15)16;;/h3-9,17,19H,1,10-13H2,2H3;2*1H/t17-;;/m0../s1. The lowest BCUT2D eigenvalue weighted by Gasteiger charge is -2.34. The first-order chi connectivity index (χ1) is 10.3. The summed E-state index contributed by atoms with van der Waals surface area (Å²) in [6, 6.07) is 12.9. The maximum atomic E-state index is 5.49. The molecular formula is C18H24Cl2N2O. The van der Waals surface area contributed by atoms with Gasteiger partial charge in [-0.3, -0.25) is 4.90 Å². The molecule has 0 aliphatic carbocycles. The lowest BCUT2D eigenvalue weighted by Crippen LogP contribution is -2.44. The highest BCUT2D eigenvalue weighted by Gasteiger charge is 2.21. The molecule has 2 aromatic rings. The Kier molecular flexibility index (Phi) is 7.86. The second-order valence-electron chi connectivity index (χ2n) is 5.37. The molecule has 0 radical (unpaired) electrons. The first kappa shape index (κ1) is 19.8. The van der Waals surface area contributed by atoms with Gasteiger partial charge in [0.2, 0.25) is 0 Å². The number of rotatable bonds is 4. The third-order valence-corrected chi connectivity index (χ3v) is 4.22. The second-order valence-corrected chi connectivity index (χ2v) is 5.37. The summed E-state index contributed by atoms with van der Waals surface area (Å²) in [5.41, 5.74) is 1.31. The number of halogens is 2. The first-order valence-corrected chi connectivity index (χ1v) is 7.48. The lowest BCUT2D eigenvalue weighted by atomic mass is 9.96. The molecule has 5 heteroatoms. The smallest absolute Gasteiger partial charge is 0.126 e. The molecule has 0 unspecified atom stereocenters. The van der Waals surface area contributed by atoms with E-state index in [2.05, 4.69) is 59.3 Å². The van der Waals surface area contributed by atoms with Crippen molar-refractivity contribution in [2.45, 2.75) is 6.04 Å². The summed E-state index contributed by atoms with van der Waals surface area (Å²) in [6.45, 7) is 8.25. The Hall–Kier alpha value is -1.26. The van der Waals surface area contributed by atoms with E-state index in [0.717, 1.165) is 31.9 Å². The zero-order valence-electron chi connectivity index (χ0n) is 13.3. The number of ether oxygens (including phenoxy) is 1. The fourth-order valence-corrected chi connectivity index (χ4v) is 3.16. The predicted molar refractivity (Wildman–Crippen MR) is 102 cm³/mol. The summed E-state index contributed by atoms with van der Waals surface area (Å²) in [7, 11) is 1.72. The fraction of sp³-hybridized carbons (Fsp3) is 0.333. The molecule has 23 heavy (non-hydrogen) atoms. The van der Waals surface area contributed by atoms with Crippen molar-refractivity contribution < 1.29 is 4.74 Å². The summed E-state index contributed by atoms with van der Waals surface area (Å²) in [4.78, 5) is 2.48. The van der Waals surface area contributed by atoms with Crippen molar-refractivity contribution in [2.24, 2.45) is 0 Å². The lowest BCUT2D eigenvalue weighted by molar-refractivity contribution is 0.204. The van der Waals surface area contributed by atoms with Crippen molar-refractivity contribution in [3.8, 4) is 5.75 Å². The quantitative estimate of drug-likeness (QED) is 0.844. The van der Waals surface area contributed by atoms with Crippen molar-refractivity contribution in [1.82, 2.24) is 10.2 Å². The molecule has 1 saturated heterocycles. The molecule has 2 aromatic carbocycles. The van der Waals surface area contributed by atoms with Crippen LogP contribution in [-0.4, -0.2) is 38.2 Å². The van der Waals surface area contributed by atoms with Gasteiger partial charge in [0.05, 0.1) is 13.2 Å². The van der Waals surface area contributed by atoms with Gasteiger partial charge >= 0.3 is 0 Å². The van der Waals surface area contributed by atoms with E-state index in [1.165, 1.54) is 16.3 Å². The number of piperazine rings is 1. The van der Waals surface area contributed by atoms with E-state index in [0.29, 0.717) is 0 Å². The predicted octanol–water partition coefficient (Wildman–Crippen LogP) is 3.82. The van der Waals surface area contributed by atoms with Gasteiger partial charge in [0.25, 0.3) is 0 Å². The molecule has 126 valence electrons. The van der Waals surface area contributed by atoms with Gasteiger partial charge in [-0.05, 0) is 17.0 Å². The van der Waals surface area contributed by atoms with Crippen molar-refractivity contribution in [3.63, 3.8) is 0 Å². The summed E-state index contributed by atoms with van der Waals surface area (Å²) < 4.78 is 5.49. The largest absolute Gasteiger partial charge is 0.496 e. The second kappa shape index (κ2) is 9.14. The van der Waals surface area contributed by atoms with Gasteiger partial charge in [-0.25, -0.2) is 0 Å². The maximum Gasteiger partial charge on any atom is 0.126 e. The van der Waals surface area contributed by atoms with Crippen LogP contribution >= 0.6 is 24.8 Å². The molecule has 0 spiro atoms. The molecule has 0 saturated carbocycles. The van der Waals surface area contributed by atoms with E-state index in [4.69, 9.17) is 4.74 Å². The zero-order chi connectivity index (χ0) is 14.7. The molecule has 1 atom stereocenters. The van der Waals surface area contributed by atoms with Crippen LogP contribution in [-0.2, 0) is 0 Å². The Morgan fingerprint density at radius 3 is 2.35 bits per heavy atom. The minimum atomic E-state index is 0. The van der Waals surface area contributed by atoms with Gasteiger partial charge in [-0.1, -0.05) is 36.4 Å². The Balaban J connectivity index is 0.00000132. The molecule has 1 fully saturated rings. The Morgan fingerprint density at radius 2 is 1.74 bits per heavy atom. The van der Waals surface area contributed by atoms with E-state index in [1.54, 1.807) is 7.11 Å². The van der Waals surface area contributed by atoms with Crippen LogP contribution in [0, 0.1) is 0 Å². The van der Waals surface area contributed by atoms with Crippen LogP contribution in [0.5, 0.6) is 5.75 Å². The number of nitrogens with zero attached hydrogens (tertiary/aromatic N) is 1. The van der Waals surface area contributed by atoms with E-state index in [-0.39, 0.29) is 30.9 Å². The number of hydrogen-bond donors (Lipinski definition) is 1. The zero-order valence-corrected chi connectivity index (χ0v) is 15.0. The first-order valence-electron chi connectivity index (χ1n) is 7.48. The third kappa shape index (κ3) is 3.99. The van der Waals surface area contributed by atoms with Crippen LogP contribution in [0.15, 0.2) is 49.1 Å². The van der Waals surface area contributed by atoms with Crippen LogP contribution in [0.4, 0.5) is 0 Å². The number of nitrogens with one attached hydrogen (secondary N) is 1. The molecule has 0 bridgehead atoms. The minimum absolute atomic E-state index is 0. The Bertz CT molecular complexity index is 642. The van der Waals surface area contributed by atoms with Crippen molar-refractivity contribution in [3.05, 3.63) is 54.6 Å². The molecule has 1 aliphatic heterocycles. The summed E-state index contributed by atoms with van der Waals surface area (Å²) in [5.74, 6) is 0.928. The van der Waals surface area contributed by atoms with Gasteiger partial charge in [0, 0.05) is 31.6 Å². The minimum Gasteiger partial charge on any atom is -0.496 e.